The van der Waals surface area contributed by atoms with Gasteiger partial charge in [-0.05, 0) is 39.2 Å². The summed E-state index contributed by atoms with van der Waals surface area (Å²) < 4.78 is 22.1. The van der Waals surface area contributed by atoms with E-state index < -0.39 is 5.79 Å². The molecular formula is C22H32O6. The first-order chi connectivity index (χ1) is 13.4. The van der Waals surface area contributed by atoms with Gasteiger partial charge in [0.2, 0.25) is 0 Å². The summed E-state index contributed by atoms with van der Waals surface area (Å²) in [6.45, 7) is 5.85. The Morgan fingerprint density at radius 2 is 1.96 bits per heavy atom. The Morgan fingerprint density at radius 3 is 2.68 bits per heavy atom. The highest BCUT2D eigenvalue weighted by Gasteiger charge is 2.39. The van der Waals surface area contributed by atoms with Gasteiger partial charge in [-0.15, -0.1) is 0 Å². The number of rotatable bonds is 11. The van der Waals surface area contributed by atoms with E-state index in [1.807, 2.05) is 26.0 Å². The Hall–Kier alpha value is -1.92. The van der Waals surface area contributed by atoms with Gasteiger partial charge < -0.3 is 18.6 Å². The number of Topliss-reactive ketones (excluding diaryl/α,β-unsaturated/α-hetero) is 1. The molecule has 6 heteroatoms. The summed E-state index contributed by atoms with van der Waals surface area (Å²) in [6, 6.07) is 1.79. The molecule has 1 aliphatic heterocycles. The Bertz CT molecular complexity index is 672. The van der Waals surface area contributed by atoms with Crippen molar-refractivity contribution in [2.24, 2.45) is 0 Å². The second-order valence-electron chi connectivity index (χ2n) is 7.55. The van der Waals surface area contributed by atoms with Crippen LogP contribution in [-0.2, 0) is 19.0 Å². The first kappa shape index (κ1) is 22.4. The van der Waals surface area contributed by atoms with Crippen LogP contribution in [-0.4, -0.2) is 36.9 Å². The molecule has 1 unspecified atom stereocenters. The Balaban J connectivity index is 2.00. The van der Waals surface area contributed by atoms with E-state index in [2.05, 4.69) is 11.7 Å². The zero-order chi connectivity index (χ0) is 20.6. The molecule has 0 bridgehead atoms. The van der Waals surface area contributed by atoms with Crippen LogP contribution in [0.3, 0.4) is 0 Å². The normalized spacial score (nSPS) is 21.3. The van der Waals surface area contributed by atoms with Crippen molar-refractivity contribution in [3.05, 3.63) is 29.7 Å². The van der Waals surface area contributed by atoms with Crippen molar-refractivity contribution in [3.8, 4) is 0 Å². The van der Waals surface area contributed by atoms with Crippen molar-refractivity contribution in [1.82, 2.24) is 0 Å². The number of furan rings is 1. The highest BCUT2D eigenvalue weighted by Crippen LogP contribution is 2.32. The van der Waals surface area contributed by atoms with Crippen molar-refractivity contribution < 1.29 is 28.2 Å². The molecule has 2 rings (SSSR count). The third kappa shape index (κ3) is 6.60. The number of methoxy groups -OCH3 is 1. The zero-order valence-electron chi connectivity index (χ0n) is 17.4. The van der Waals surface area contributed by atoms with E-state index in [4.69, 9.17) is 13.9 Å². The second-order valence-corrected chi connectivity index (χ2v) is 7.55. The lowest BCUT2D eigenvalue weighted by Crippen LogP contribution is -2.21. The number of carbonyl (C=O) groups excluding carboxylic acids is 2. The maximum atomic E-state index is 12.4. The lowest BCUT2D eigenvalue weighted by atomic mass is 10.0. The third-order valence-electron chi connectivity index (χ3n) is 4.74. The first-order valence-corrected chi connectivity index (χ1v) is 10.1. The van der Waals surface area contributed by atoms with Gasteiger partial charge in [-0.3, -0.25) is 9.59 Å². The molecule has 0 aliphatic carbocycles. The molecule has 1 aromatic heterocycles. The molecule has 1 aliphatic rings. The summed E-state index contributed by atoms with van der Waals surface area (Å²) >= 11 is 0. The van der Waals surface area contributed by atoms with Crippen molar-refractivity contribution in [1.29, 1.82) is 0 Å². The monoisotopic (exact) mass is 392 g/mol. The van der Waals surface area contributed by atoms with Crippen LogP contribution in [0.15, 0.2) is 22.8 Å². The number of hydrogen-bond acceptors (Lipinski definition) is 6. The van der Waals surface area contributed by atoms with E-state index in [0.717, 1.165) is 24.8 Å². The molecule has 0 radical (unpaired) electrons. The maximum Gasteiger partial charge on any atom is 0.305 e. The molecular weight excluding hydrogens is 360 g/mol. The van der Waals surface area contributed by atoms with Crippen molar-refractivity contribution >= 4 is 17.8 Å². The van der Waals surface area contributed by atoms with E-state index >= 15 is 0 Å². The molecule has 0 aromatic carbocycles. The van der Waals surface area contributed by atoms with E-state index in [-0.39, 0.29) is 24.0 Å². The Morgan fingerprint density at radius 1 is 1.18 bits per heavy atom. The minimum absolute atomic E-state index is 0.0247. The van der Waals surface area contributed by atoms with Crippen LogP contribution in [0.2, 0.25) is 0 Å². The quantitative estimate of drug-likeness (QED) is 0.302. The van der Waals surface area contributed by atoms with Crippen molar-refractivity contribution in [3.63, 3.8) is 0 Å². The minimum atomic E-state index is -0.694. The largest absolute Gasteiger partial charge is 0.469 e. The fourth-order valence-corrected chi connectivity index (χ4v) is 3.32. The Kier molecular flexibility index (Phi) is 8.45. The standard InChI is InChI=1S/C22H32O6/c1-5-6-7-9-17(23)21-16(14-15-26-21)12-13-19-18(27-22(2,3)28-19)10-8-11-20(24)25-4/h12-15,18-19H,5-11H2,1-4H3/b13-12+/t18?,19-/m1/s1. The van der Waals surface area contributed by atoms with Gasteiger partial charge in [-0.1, -0.05) is 31.9 Å². The van der Waals surface area contributed by atoms with Gasteiger partial charge in [-0.2, -0.15) is 0 Å². The Labute approximate surface area is 167 Å². The van der Waals surface area contributed by atoms with Crippen molar-refractivity contribution in [2.45, 2.75) is 83.7 Å². The van der Waals surface area contributed by atoms with Gasteiger partial charge >= 0.3 is 5.97 Å². The summed E-state index contributed by atoms with van der Waals surface area (Å²) in [7, 11) is 1.39. The number of hydrogen-bond donors (Lipinski definition) is 0. The molecule has 2 atom stereocenters. The number of ether oxygens (including phenoxy) is 3. The van der Waals surface area contributed by atoms with Crippen LogP contribution in [0.4, 0.5) is 0 Å². The van der Waals surface area contributed by atoms with Gasteiger partial charge in [0, 0.05) is 18.4 Å². The molecule has 6 nitrogen and oxygen atoms in total. The fourth-order valence-electron chi connectivity index (χ4n) is 3.32. The topological polar surface area (TPSA) is 75.0 Å². The molecule has 28 heavy (non-hydrogen) atoms. The molecule has 0 N–H and O–H groups in total. The highest BCUT2D eigenvalue weighted by atomic mass is 16.7. The summed E-state index contributed by atoms with van der Waals surface area (Å²) in [5.41, 5.74) is 0.753. The first-order valence-electron chi connectivity index (χ1n) is 10.1. The lowest BCUT2D eigenvalue weighted by Gasteiger charge is -2.16. The third-order valence-corrected chi connectivity index (χ3v) is 4.74. The van der Waals surface area contributed by atoms with E-state index in [1.54, 1.807) is 6.07 Å². The van der Waals surface area contributed by atoms with Gasteiger partial charge in [0.15, 0.2) is 17.3 Å². The average Bonchev–Trinajstić information content (AvgIpc) is 3.23. The van der Waals surface area contributed by atoms with Crippen LogP contribution in [0, 0.1) is 0 Å². The number of unbranched alkanes of at least 4 members (excludes halogenated alkanes) is 2. The molecule has 156 valence electrons. The average molecular weight is 392 g/mol. The lowest BCUT2D eigenvalue weighted by molar-refractivity contribution is -0.144. The predicted octanol–water partition coefficient (Wildman–Crippen LogP) is 4.92. The van der Waals surface area contributed by atoms with E-state index in [9.17, 15) is 9.59 Å². The van der Waals surface area contributed by atoms with Crippen molar-refractivity contribution in [2.75, 3.05) is 7.11 Å². The van der Waals surface area contributed by atoms with E-state index in [1.165, 1.54) is 13.4 Å². The smallest absolute Gasteiger partial charge is 0.305 e. The minimum Gasteiger partial charge on any atom is -0.469 e. The van der Waals surface area contributed by atoms with Gasteiger partial charge in [0.05, 0.1) is 19.5 Å². The molecule has 1 aromatic rings. The second kappa shape index (κ2) is 10.6. The van der Waals surface area contributed by atoms with Crippen LogP contribution >= 0.6 is 0 Å². The number of esters is 1. The number of ketones is 1. The maximum absolute atomic E-state index is 12.4. The van der Waals surface area contributed by atoms with Crippen LogP contribution < -0.4 is 0 Å². The highest BCUT2D eigenvalue weighted by molar-refractivity contribution is 5.96. The number of carbonyl (C=O) groups is 2. The van der Waals surface area contributed by atoms with E-state index in [0.29, 0.717) is 31.4 Å². The molecule has 0 amide bonds. The predicted molar refractivity (Wildman–Crippen MR) is 106 cm³/mol. The summed E-state index contributed by atoms with van der Waals surface area (Å²) in [5.74, 6) is -0.501. The fraction of sp³-hybridized carbons (Fsp3) is 0.636. The summed E-state index contributed by atoms with van der Waals surface area (Å²) in [4.78, 5) is 23.7. The molecule has 0 saturated carbocycles. The SMILES string of the molecule is CCCCCC(=O)c1occc1/C=C/[C@H]1OC(C)(C)OC1CCCC(=O)OC. The zero-order valence-corrected chi connectivity index (χ0v) is 17.4. The summed E-state index contributed by atoms with van der Waals surface area (Å²) in [5, 5.41) is 0. The molecule has 0 spiro atoms. The van der Waals surface area contributed by atoms with Gasteiger partial charge in [-0.25, -0.2) is 0 Å². The molecule has 1 saturated heterocycles. The molecule has 2 heterocycles. The van der Waals surface area contributed by atoms with Crippen LogP contribution in [0.5, 0.6) is 0 Å². The molecule has 1 fully saturated rings. The summed E-state index contributed by atoms with van der Waals surface area (Å²) in [6.07, 6.45) is 10.1. The van der Waals surface area contributed by atoms with Gasteiger partial charge in [0.1, 0.15) is 6.10 Å². The van der Waals surface area contributed by atoms with Crippen LogP contribution in [0.1, 0.15) is 81.8 Å². The van der Waals surface area contributed by atoms with Crippen LogP contribution in [0.25, 0.3) is 6.08 Å². The van der Waals surface area contributed by atoms with Gasteiger partial charge in [0.25, 0.3) is 0 Å².